The van der Waals surface area contributed by atoms with Crippen molar-refractivity contribution in [3.8, 4) is 0 Å². The zero-order valence-corrected chi connectivity index (χ0v) is 10.5. The molecule has 94 valence electrons. The Hall–Kier alpha value is -0.120. The molecule has 0 amide bonds. The van der Waals surface area contributed by atoms with E-state index >= 15 is 0 Å². The molecule has 0 bridgehead atoms. The third kappa shape index (κ3) is 2.76. The van der Waals surface area contributed by atoms with Crippen molar-refractivity contribution in [2.24, 2.45) is 0 Å². The van der Waals surface area contributed by atoms with Crippen LogP contribution in [0.2, 0.25) is 0 Å². The zero-order chi connectivity index (χ0) is 11.4. The minimum absolute atomic E-state index is 0.322. The van der Waals surface area contributed by atoms with Gasteiger partial charge in [0.2, 0.25) is 0 Å². The molecule has 0 heterocycles. The summed E-state index contributed by atoms with van der Waals surface area (Å²) >= 11 is 0. The topological polar surface area (TPSA) is 35.5 Å². The maximum absolute atomic E-state index is 9.18. The SMILES string of the molecule is CNC1CCC(N(CCO)C2CCC2)CC1. The number of rotatable bonds is 5. The fourth-order valence-electron chi connectivity index (χ4n) is 3.19. The molecule has 2 aliphatic rings. The van der Waals surface area contributed by atoms with Gasteiger partial charge in [-0.2, -0.15) is 0 Å². The zero-order valence-electron chi connectivity index (χ0n) is 10.5. The van der Waals surface area contributed by atoms with Gasteiger partial charge < -0.3 is 10.4 Å². The highest BCUT2D eigenvalue weighted by Crippen LogP contribution is 2.31. The van der Waals surface area contributed by atoms with Crippen LogP contribution in [0.4, 0.5) is 0 Å². The van der Waals surface area contributed by atoms with E-state index in [-0.39, 0.29) is 0 Å². The van der Waals surface area contributed by atoms with Gasteiger partial charge in [0.1, 0.15) is 0 Å². The summed E-state index contributed by atoms with van der Waals surface area (Å²) in [7, 11) is 2.07. The quantitative estimate of drug-likeness (QED) is 0.743. The summed E-state index contributed by atoms with van der Waals surface area (Å²) < 4.78 is 0. The number of hydrogen-bond donors (Lipinski definition) is 2. The Balaban J connectivity index is 1.83. The number of nitrogens with zero attached hydrogens (tertiary/aromatic N) is 1. The Labute approximate surface area is 99.2 Å². The molecule has 0 aromatic carbocycles. The van der Waals surface area contributed by atoms with E-state index in [1.807, 2.05) is 0 Å². The predicted octanol–water partition coefficient (Wildman–Crippen LogP) is 1.36. The maximum atomic E-state index is 9.18. The van der Waals surface area contributed by atoms with E-state index in [1.165, 1.54) is 44.9 Å². The third-order valence-corrected chi connectivity index (χ3v) is 4.48. The Morgan fingerprint density at radius 1 is 1.06 bits per heavy atom. The highest BCUT2D eigenvalue weighted by molar-refractivity contribution is 4.88. The molecule has 0 aromatic heterocycles. The van der Waals surface area contributed by atoms with Gasteiger partial charge in [-0.25, -0.2) is 0 Å². The summed E-state index contributed by atoms with van der Waals surface area (Å²) in [6.45, 7) is 1.21. The normalized spacial score (nSPS) is 31.7. The van der Waals surface area contributed by atoms with Crippen molar-refractivity contribution >= 4 is 0 Å². The van der Waals surface area contributed by atoms with Crippen LogP contribution in [0.1, 0.15) is 44.9 Å². The third-order valence-electron chi connectivity index (χ3n) is 4.48. The van der Waals surface area contributed by atoms with Gasteiger partial charge in [0.25, 0.3) is 0 Å². The minimum Gasteiger partial charge on any atom is -0.395 e. The molecule has 2 aliphatic carbocycles. The van der Waals surface area contributed by atoms with Crippen LogP contribution in [0.25, 0.3) is 0 Å². The van der Waals surface area contributed by atoms with Crippen LogP contribution in [0.15, 0.2) is 0 Å². The number of hydrogen-bond acceptors (Lipinski definition) is 3. The molecule has 0 unspecified atom stereocenters. The molecular formula is C13H26N2O. The minimum atomic E-state index is 0.322. The van der Waals surface area contributed by atoms with Crippen molar-refractivity contribution in [3.05, 3.63) is 0 Å². The molecule has 16 heavy (non-hydrogen) atoms. The fourth-order valence-corrected chi connectivity index (χ4v) is 3.19. The fraction of sp³-hybridized carbons (Fsp3) is 1.00. The van der Waals surface area contributed by atoms with Gasteiger partial charge in [-0.1, -0.05) is 6.42 Å². The Bertz CT molecular complexity index is 198. The van der Waals surface area contributed by atoms with Crippen LogP contribution in [-0.2, 0) is 0 Å². The summed E-state index contributed by atoms with van der Waals surface area (Å²) in [5.41, 5.74) is 0. The van der Waals surface area contributed by atoms with E-state index in [0.29, 0.717) is 6.61 Å². The van der Waals surface area contributed by atoms with Crippen LogP contribution in [0, 0.1) is 0 Å². The summed E-state index contributed by atoms with van der Waals surface area (Å²) in [6, 6.07) is 2.25. The first-order chi connectivity index (χ1) is 7.85. The molecule has 0 aromatic rings. The van der Waals surface area contributed by atoms with Gasteiger partial charge in [0.15, 0.2) is 0 Å². The van der Waals surface area contributed by atoms with Crippen molar-refractivity contribution in [3.63, 3.8) is 0 Å². The molecule has 0 radical (unpaired) electrons. The average Bonchev–Trinajstić information content (AvgIpc) is 2.26. The van der Waals surface area contributed by atoms with Crippen LogP contribution >= 0.6 is 0 Å². The lowest BCUT2D eigenvalue weighted by atomic mass is 9.85. The van der Waals surface area contributed by atoms with Gasteiger partial charge >= 0.3 is 0 Å². The molecule has 0 saturated heterocycles. The second kappa shape index (κ2) is 5.99. The van der Waals surface area contributed by atoms with Crippen molar-refractivity contribution in [1.82, 2.24) is 10.2 Å². The molecule has 2 rings (SSSR count). The summed E-state index contributed by atoms with van der Waals surface area (Å²) in [5.74, 6) is 0. The van der Waals surface area contributed by atoms with Crippen LogP contribution in [0.5, 0.6) is 0 Å². The number of nitrogens with one attached hydrogen (secondary N) is 1. The monoisotopic (exact) mass is 226 g/mol. The predicted molar refractivity (Wildman–Crippen MR) is 66.5 cm³/mol. The van der Waals surface area contributed by atoms with Gasteiger partial charge in [-0.15, -0.1) is 0 Å². The van der Waals surface area contributed by atoms with Crippen molar-refractivity contribution in [2.45, 2.75) is 63.1 Å². The summed E-state index contributed by atoms with van der Waals surface area (Å²) in [6.07, 6.45) is 9.31. The molecule has 2 N–H and O–H groups in total. The molecule has 0 atom stereocenters. The molecule has 0 aliphatic heterocycles. The second-order valence-corrected chi connectivity index (χ2v) is 5.34. The summed E-state index contributed by atoms with van der Waals surface area (Å²) in [5, 5.41) is 12.6. The van der Waals surface area contributed by atoms with Crippen molar-refractivity contribution in [2.75, 3.05) is 20.2 Å². The highest BCUT2D eigenvalue weighted by Gasteiger charge is 2.32. The molecule has 3 nitrogen and oxygen atoms in total. The smallest absolute Gasteiger partial charge is 0.0558 e. The van der Waals surface area contributed by atoms with Crippen LogP contribution in [0.3, 0.4) is 0 Å². The van der Waals surface area contributed by atoms with Crippen LogP contribution in [-0.4, -0.2) is 48.3 Å². The molecule has 2 saturated carbocycles. The second-order valence-electron chi connectivity index (χ2n) is 5.34. The standard InChI is InChI=1S/C13H26N2O/c1-14-11-5-7-13(8-6-11)15(9-10-16)12-3-2-4-12/h11-14,16H,2-10H2,1H3. The lowest BCUT2D eigenvalue weighted by Gasteiger charge is -2.44. The number of aliphatic hydroxyl groups excluding tert-OH is 1. The van der Waals surface area contributed by atoms with E-state index in [0.717, 1.165) is 24.7 Å². The van der Waals surface area contributed by atoms with Crippen molar-refractivity contribution < 1.29 is 5.11 Å². The first-order valence-corrected chi connectivity index (χ1v) is 6.89. The van der Waals surface area contributed by atoms with Gasteiger partial charge in [0, 0.05) is 24.7 Å². The Morgan fingerprint density at radius 2 is 1.69 bits per heavy atom. The van der Waals surface area contributed by atoms with Crippen LogP contribution < -0.4 is 5.32 Å². The first kappa shape index (κ1) is 12.3. The van der Waals surface area contributed by atoms with Gasteiger partial charge in [0.05, 0.1) is 6.61 Å². The van der Waals surface area contributed by atoms with Crippen molar-refractivity contribution in [1.29, 1.82) is 0 Å². The largest absolute Gasteiger partial charge is 0.395 e. The summed E-state index contributed by atoms with van der Waals surface area (Å²) in [4.78, 5) is 2.59. The van der Waals surface area contributed by atoms with E-state index in [9.17, 15) is 5.11 Å². The van der Waals surface area contributed by atoms with E-state index in [4.69, 9.17) is 0 Å². The Kier molecular flexibility index (Phi) is 4.62. The average molecular weight is 226 g/mol. The van der Waals surface area contributed by atoms with E-state index < -0.39 is 0 Å². The van der Waals surface area contributed by atoms with E-state index in [2.05, 4.69) is 17.3 Å². The number of aliphatic hydroxyl groups is 1. The Morgan fingerprint density at radius 3 is 2.12 bits per heavy atom. The highest BCUT2D eigenvalue weighted by atomic mass is 16.3. The van der Waals surface area contributed by atoms with Gasteiger partial charge in [-0.05, 0) is 45.6 Å². The lowest BCUT2D eigenvalue weighted by molar-refractivity contribution is 0.0400. The first-order valence-electron chi connectivity index (χ1n) is 6.89. The molecular weight excluding hydrogens is 200 g/mol. The maximum Gasteiger partial charge on any atom is 0.0558 e. The molecule has 0 spiro atoms. The van der Waals surface area contributed by atoms with E-state index in [1.54, 1.807) is 0 Å². The lowest BCUT2D eigenvalue weighted by Crippen LogP contribution is -2.50. The molecule has 2 fully saturated rings. The van der Waals surface area contributed by atoms with Gasteiger partial charge in [-0.3, -0.25) is 4.90 Å². The molecule has 3 heteroatoms.